The predicted molar refractivity (Wildman–Crippen MR) is 67.1 cm³/mol. The number of ether oxygens (including phenoxy) is 1. The second-order valence-corrected chi connectivity index (χ2v) is 5.36. The quantitative estimate of drug-likeness (QED) is 0.646. The summed E-state index contributed by atoms with van der Waals surface area (Å²) in [5.74, 6) is -5.16. The highest BCUT2D eigenvalue weighted by atomic mass is 79.9. The van der Waals surface area contributed by atoms with Gasteiger partial charge in [-0.25, -0.2) is 4.79 Å². The first kappa shape index (κ1) is 16.0. The van der Waals surface area contributed by atoms with Gasteiger partial charge >= 0.3 is 18.1 Å². The van der Waals surface area contributed by atoms with Gasteiger partial charge in [-0.05, 0) is 34.1 Å². The molecule has 1 N–H and O–H groups in total. The molecule has 1 aromatic carbocycles. The van der Waals surface area contributed by atoms with Gasteiger partial charge < -0.3 is 10.1 Å². The van der Waals surface area contributed by atoms with Crippen LogP contribution in [0, 0.1) is 0 Å². The summed E-state index contributed by atoms with van der Waals surface area (Å²) in [6, 6.07) is 2.93. The number of carbonyl (C=O) groups excluding carboxylic acids is 1. The Morgan fingerprint density at radius 3 is 2.57 bits per heavy atom. The lowest BCUT2D eigenvalue weighted by molar-refractivity contribution is -0.158. The van der Waals surface area contributed by atoms with Crippen molar-refractivity contribution in [2.24, 2.45) is 0 Å². The highest BCUT2D eigenvalue weighted by Crippen LogP contribution is 2.35. The molecule has 0 saturated carbocycles. The van der Waals surface area contributed by atoms with Crippen molar-refractivity contribution in [1.29, 1.82) is 0 Å². The maximum absolute atomic E-state index is 13.0. The summed E-state index contributed by atoms with van der Waals surface area (Å²) in [5, 5.41) is 2.57. The summed E-state index contributed by atoms with van der Waals surface area (Å²) >= 11 is 3.06. The zero-order valence-electron chi connectivity index (χ0n) is 10.3. The number of nitrogens with one attached hydrogen (secondary N) is 1. The molecule has 116 valence electrons. The largest absolute Gasteiger partial charge is 0.456 e. The van der Waals surface area contributed by atoms with E-state index in [1.807, 2.05) is 0 Å². The van der Waals surface area contributed by atoms with Gasteiger partial charge in [-0.3, -0.25) is 0 Å². The van der Waals surface area contributed by atoms with E-state index in [2.05, 4.69) is 26.0 Å². The number of halogens is 6. The van der Waals surface area contributed by atoms with Gasteiger partial charge in [0, 0.05) is 10.2 Å². The predicted octanol–water partition coefficient (Wildman–Crippen LogP) is 3.83. The molecule has 2 rings (SSSR count). The van der Waals surface area contributed by atoms with E-state index in [0.29, 0.717) is 4.47 Å². The van der Waals surface area contributed by atoms with Crippen LogP contribution >= 0.6 is 15.9 Å². The SMILES string of the molecule is O=C1OC(CNc2cc(C(F)(F)F)ccc2Br)CC1(F)F. The van der Waals surface area contributed by atoms with Crippen LogP contribution in [0.1, 0.15) is 12.0 Å². The molecular formula is C12H9BrF5NO2. The Morgan fingerprint density at radius 1 is 1.38 bits per heavy atom. The number of hydrogen-bond donors (Lipinski definition) is 1. The molecule has 0 radical (unpaired) electrons. The summed E-state index contributed by atoms with van der Waals surface area (Å²) in [7, 11) is 0. The molecule has 9 heteroatoms. The molecule has 1 fully saturated rings. The first-order valence-corrected chi connectivity index (χ1v) is 6.58. The van der Waals surface area contributed by atoms with Crippen molar-refractivity contribution in [2.75, 3.05) is 11.9 Å². The second kappa shape index (κ2) is 5.43. The van der Waals surface area contributed by atoms with Crippen LogP contribution in [0.2, 0.25) is 0 Å². The lowest BCUT2D eigenvalue weighted by atomic mass is 10.1. The maximum atomic E-state index is 13.0. The maximum Gasteiger partial charge on any atom is 0.416 e. The number of hydrogen-bond acceptors (Lipinski definition) is 3. The minimum Gasteiger partial charge on any atom is -0.456 e. The summed E-state index contributed by atoms with van der Waals surface area (Å²) in [6.07, 6.45) is -6.40. The fourth-order valence-electron chi connectivity index (χ4n) is 1.82. The van der Waals surface area contributed by atoms with E-state index >= 15 is 0 Å². The first-order valence-electron chi connectivity index (χ1n) is 5.79. The van der Waals surface area contributed by atoms with Gasteiger partial charge in [-0.1, -0.05) is 0 Å². The van der Waals surface area contributed by atoms with Crippen LogP contribution in [0.4, 0.5) is 27.6 Å². The third-order valence-corrected chi connectivity index (χ3v) is 3.56. The van der Waals surface area contributed by atoms with E-state index in [-0.39, 0.29) is 12.2 Å². The number of alkyl halides is 5. The highest BCUT2D eigenvalue weighted by Gasteiger charge is 2.50. The Hall–Kier alpha value is -1.38. The van der Waals surface area contributed by atoms with Crippen LogP contribution in [-0.4, -0.2) is 24.5 Å². The Labute approximate surface area is 124 Å². The molecule has 0 bridgehead atoms. The van der Waals surface area contributed by atoms with Crippen LogP contribution in [-0.2, 0) is 15.7 Å². The van der Waals surface area contributed by atoms with Gasteiger partial charge in [0.1, 0.15) is 6.10 Å². The lowest BCUT2D eigenvalue weighted by Gasteiger charge is -2.14. The third kappa shape index (κ3) is 3.63. The fourth-order valence-corrected chi connectivity index (χ4v) is 2.21. The molecule has 1 aromatic rings. The minimum atomic E-state index is -4.51. The van der Waals surface area contributed by atoms with Gasteiger partial charge in [-0.15, -0.1) is 0 Å². The van der Waals surface area contributed by atoms with Crippen molar-refractivity contribution in [3.8, 4) is 0 Å². The van der Waals surface area contributed by atoms with Crippen LogP contribution in [0.5, 0.6) is 0 Å². The van der Waals surface area contributed by atoms with Gasteiger partial charge in [0.15, 0.2) is 0 Å². The van der Waals surface area contributed by atoms with E-state index in [4.69, 9.17) is 0 Å². The molecule has 0 spiro atoms. The van der Waals surface area contributed by atoms with Crippen molar-refractivity contribution < 1.29 is 31.5 Å². The van der Waals surface area contributed by atoms with Crippen molar-refractivity contribution in [2.45, 2.75) is 24.6 Å². The monoisotopic (exact) mass is 373 g/mol. The molecule has 1 atom stereocenters. The molecule has 0 aromatic heterocycles. The summed E-state index contributed by atoms with van der Waals surface area (Å²) in [6.45, 7) is -0.207. The zero-order chi connectivity index (χ0) is 15.8. The Balaban J connectivity index is 2.06. The molecule has 0 amide bonds. The van der Waals surface area contributed by atoms with E-state index < -0.39 is 36.2 Å². The van der Waals surface area contributed by atoms with Gasteiger partial charge in [0.05, 0.1) is 18.5 Å². The van der Waals surface area contributed by atoms with E-state index in [9.17, 15) is 26.7 Å². The zero-order valence-corrected chi connectivity index (χ0v) is 11.9. The van der Waals surface area contributed by atoms with Gasteiger partial charge in [0.2, 0.25) is 0 Å². The van der Waals surface area contributed by atoms with Crippen LogP contribution in [0.3, 0.4) is 0 Å². The van der Waals surface area contributed by atoms with E-state index in [1.165, 1.54) is 6.07 Å². The van der Waals surface area contributed by atoms with Crippen molar-refractivity contribution >= 4 is 27.6 Å². The van der Waals surface area contributed by atoms with Crippen LogP contribution in [0.15, 0.2) is 22.7 Å². The lowest BCUT2D eigenvalue weighted by Crippen LogP contribution is -2.22. The van der Waals surface area contributed by atoms with Crippen LogP contribution in [0.25, 0.3) is 0 Å². The normalized spacial score (nSPS) is 21.2. The minimum absolute atomic E-state index is 0.0797. The molecule has 3 nitrogen and oxygen atoms in total. The number of rotatable bonds is 3. The Morgan fingerprint density at radius 2 is 2.05 bits per heavy atom. The number of esters is 1. The average Bonchev–Trinajstić information content (AvgIpc) is 2.60. The number of carbonyl (C=O) groups is 1. The highest BCUT2D eigenvalue weighted by molar-refractivity contribution is 9.10. The molecule has 1 heterocycles. The van der Waals surface area contributed by atoms with E-state index in [0.717, 1.165) is 12.1 Å². The van der Waals surface area contributed by atoms with Gasteiger partial charge in [-0.2, -0.15) is 22.0 Å². The summed E-state index contributed by atoms with van der Waals surface area (Å²) < 4.78 is 68.4. The molecule has 1 aliphatic rings. The molecule has 1 saturated heterocycles. The standard InChI is InChI=1S/C12H9BrF5NO2/c13-8-2-1-6(12(16,17)18)3-9(8)19-5-7-4-11(14,15)10(20)21-7/h1-3,7,19H,4-5H2. The van der Waals surface area contributed by atoms with Crippen LogP contribution < -0.4 is 5.32 Å². The Kier molecular flexibility index (Phi) is 4.14. The first-order chi connectivity index (χ1) is 9.59. The second-order valence-electron chi connectivity index (χ2n) is 4.51. The van der Waals surface area contributed by atoms with Crippen molar-refractivity contribution in [3.05, 3.63) is 28.2 Å². The molecule has 1 aliphatic heterocycles. The average molecular weight is 374 g/mol. The molecule has 21 heavy (non-hydrogen) atoms. The smallest absolute Gasteiger partial charge is 0.416 e. The van der Waals surface area contributed by atoms with E-state index in [1.54, 1.807) is 0 Å². The molecular weight excluding hydrogens is 365 g/mol. The molecule has 0 aliphatic carbocycles. The third-order valence-electron chi connectivity index (χ3n) is 2.87. The number of benzene rings is 1. The fraction of sp³-hybridized carbons (Fsp3) is 0.417. The summed E-state index contributed by atoms with van der Waals surface area (Å²) in [4.78, 5) is 10.8. The Bertz CT molecular complexity index is 561. The number of anilines is 1. The van der Waals surface area contributed by atoms with Crippen molar-refractivity contribution in [3.63, 3.8) is 0 Å². The summed E-state index contributed by atoms with van der Waals surface area (Å²) in [5.41, 5.74) is -0.793. The number of cyclic esters (lactones) is 1. The topological polar surface area (TPSA) is 38.3 Å². The molecule has 1 unspecified atom stereocenters. The van der Waals surface area contributed by atoms with Crippen molar-refractivity contribution in [1.82, 2.24) is 0 Å². The van der Waals surface area contributed by atoms with Gasteiger partial charge in [0.25, 0.3) is 0 Å².